The summed E-state index contributed by atoms with van der Waals surface area (Å²) in [4.78, 5) is 0. The molecule has 3 aliphatic rings. The van der Waals surface area contributed by atoms with Gasteiger partial charge in [-0.15, -0.1) is 0 Å². The molecule has 18 aromatic carbocycles. The van der Waals surface area contributed by atoms with Gasteiger partial charge in [-0.05, 0) is 244 Å². The lowest BCUT2D eigenvalue weighted by Gasteiger charge is -2.32. The van der Waals surface area contributed by atoms with E-state index >= 15 is 0 Å². The average molecular weight is 1820 g/mol. The van der Waals surface area contributed by atoms with Crippen LogP contribution in [0.4, 0.5) is 0 Å². The van der Waals surface area contributed by atoms with Crippen LogP contribution in [0.15, 0.2) is 354 Å². The molecule has 3 radical (unpaired) electrons. The first-order valence-corrected chi connectivity index (χ1v) is 46.2. The van der Waals surface area contributed by atoms with Crippen LogP contribution in [0.25, 0.3) is 196 Å². The molecule has 3 aliphatic heterocycles. The molecule has 3 N–H and O–H groups in total. The number of rotatable bonds is 9. The van der Waals surface area contributed by atoms with Gasteiger partial charge in [0.25, 0.3) is 0 Å². The lowest BCUT2D eigenvalue weighted by Crippen LogP contribution is -2.41. The molecule has 0 saturated carbocycles. The SMILES string of the molecule is CC1(C)OB(c2ccc3c(c2)oc2ccc4ccccc4c23)OC1(C)C.CC1(C)OB(c2ccc3oc4ccc5ccccc5c4c3c2)OC1(C)C.CC1(C)OB(c2cccc3c2oc2ccc4ccccc4c23)OC1(C)C.O[B]Oc1ccc2c(c1)oc1ccc3ccccc3c12.O[B]Oc1ccc2oc3ccc4ccccc4c3c2c1.O[B]Oc1cccc2c1oc1ccc3ccccc3c12. The third-order valence-corrected chi connectivity index (χ3v) is 28.3. The van der Waals surface area contributed by atoms with Crippen LogP contribution in [-0.4, -0.2) is 93.1 Å². The molecule has 18 nitrogen and oxygen atoms in total. The van der Waals surface area contributed by atoms with Gasteiger partial charge in [0.2, 0.25) is 0 Å². The Morgan fingerprint density at radius 3 is 0.906 bits per heavy atom. The third kappa shape index (κ3) is 15.7. The number of fused-ring (bicyclic) bond motifs is 30. The minimum absolute atomic E-state index is 0.349. The van der Waals surface area contributed by atoms with E-state index in [1.807, 2.05) is 140 Å². The summed E-state index contributed by atoms with van der Waals surface area (Å²) in [5.41, 5.74) is 10.8. The molecule has 675 valence electrons. The lowest BCUT2D eigenvalue weighted by molar-refractivity contribution is 0.00578. The molecule has 24 aromatic rings. The van der Waals surface area contributed by atoms with Crippen molar-refractivity contribution in [3.8, 4) is 17.2 Å². The van der Waals surface area contributed by atoms with E-state index < -0.39 is 7.12 Å². The largest absolute Gasteiger partial charge is 0.569 e. The first kappa shape index (κ1) is 89.0. The van der Waals surface area contributed by atoms with E-state index in [9.17, 15) is 0 Å². The summed E-state index contributed by atoms with van der Waals surface area (Å²) >= 11 is 0. The van der Waals surface area contributed by atoms with Crippen molar-refractivity contribution in [1.29, 1.82) is 0 Å². The third-order valence-electron chi connectivity index (χ3n) is 28.3. The average Bonchev–Trinajstić information content (AvgIpc) is 1.60. The van der Waals surface area contributed by atoms with Crippen molar-refractivity contribution >= 4 is 257 Å². The molecule has 0 unspecified atom stereocenters. The van der Waals surface area contributed by atoms with Gasteiger partial charge in [-0.3, -0.25) is 0 Å². The molecule has 0 aliphatic carbocycles. The van der Waals surface area contributed by atoms with Crippen LogP contribution < -0.4 is 30.4 Å². The second kappa shape index (κ2) is 34.8. The van der Waals surface area contributed by atoms with E-state index in [1.54, 1.807) is 18.2 Å². The maximum atomic E-state index is 8.84. The highest BCUT2D eigenvalue weighted by molar-refractivity contribution is 6.65. The van der Waals surface area contributed by atoms with Gasteiger partial charge in [0.05, 0.1) is 33.6 Å². The number of furan rings is 6. The fraction of sp³-hybridized carbons (Fsp3) is 0.158. The van der Waals surface area contributed by atoms with Crippen LogP contribution in [0.3, 0.4) is 0 Å². The zero-order valence-electron chi connectivity index (χ0n) is 78.1. The molecule has 0 amide bonds. The first-order valence-electron chi connectivity index (χ1n) is 46.2. The zero-order valence-corrected chi connectivity index (χ0v) is 78.1. The summed E-state index contributed by atoms with van der Waals surface area (Å²) in [6, 6.07) is 110. The van der Waals surface area contributed by atoms with Crippen molar-refractivity contribution in [2.45, 2.75) is 117 Å². The Morgan fingerprint density at radius 1 is 0.210 bits per heavy atom. The van der Waals surface area contributed by atoms with Crippen LogP contribution in [0.1, 0.15) is 83.1 Å². The molecule has 6 aromatic heterocycles. The monoisotopic (exact) mass is 1820 g/mol. The molecule has 3 saturated heterocycles. The van der Waals surface area contributed by atoms with Gasteiger partial charge in [0.15, 0.2) is 5.58 Å². The van der Waals surface area contributed by atoms with E-state index in [-0.39, 0.29) is 47.8 Å². The summed E-state index contributed by atoms with van der Waals surface area (Å²) in [6.07, 6.45) is 0. The van der Waals surface area contributed by atoms with E-state index in [4.69, 9.17) is 83.5 Å². The van der Waals surface area contributed by atoms with Gasteiger partial charge >= 0.3 is 44.4 Å². The molecule has 0 bridgehead atoms. The highest BCUT2D eigenvalue weighted by Gasteiger charge is 2.55. The number of benzene rings is 18. The maximum absolute atomic E-state index is 8.84. The van der Waals surface area contributed by atoms with Crippen molar-refractivity contribution in [2.24, 2.45) is 0 Å². The first-order chi connectivity index (χ1) is 66.7. The van der Waals surface area contributed by atoms with Gasteiger partial charge in [0.1, 0.15) is 78.7 Å². The minimum Gasteiger partial charge on any atom is -0.537 e. The standard InChI is InChI=1S/3C22H21BO3.3C16H10BO3/c1-21(2)22(3,4)26-23(25-21)17-11-7-10-16-19-15-9-6-5-8-14(15)12-13-18(19)24-20(16)17;1-21(2)22(3,4)26-23(25-21)15-10-11-17-19(13-15)24-18-12-9-14-7-5-6-8-16(14)20(17)18;1-21(2)22(3,4)26-23(25-21)15-10-12-18-17(13-15)20-16-8-6-5-7-14(16)9-11-19(20)24-18;18-17-20-14-7-3-6-12-15-11-5-2-1-4-10(11)8-9-13(15)19-16(12)14;18-17-20-11-6-7-13-15(9-11)19-14-8-5-10-3-1-2-4-12(10)16(13)14;18-17-20-11-6-8-14-13(9-11)16-12-4-2-1-3-10(12)5-7-15(16)19-14/h3*5-13H,1-4H3;3*1-9,18H. The van der Waals surface area contributed by atoms with E-state index in [0.29, 0.717) is 45.9 Å². The molecular weight excluding hydrogens is 1720 g/mol. The molecule has 0 spiro atoms. The van der Waals surface area contributed by atoms with Crippen molar-refractivity contribution in [3.05, 3.63) is 328 Å². The van der Waals surface area contributed by atoms with Crippen molar-refractivity contribution in [2.75, 3.05) is 0 Å². The Kier molecular flexibility index (Phi) is 22.4. The molecular formula is C114H93B6O18. The molecule has 138 heavy (non-hydrogen) atoms. The normalized spacial score (nSPS) is 15.6. The van der Waals surface area contributed by atoms with Crippen molar-refractivity contribution < 1.29 is 83.5 Å². The van der Waals surface area contributed by atoms with Crippen LogP contribution in [0.2, 0.25) is 0 Å². The van der Waals surface area contributed by atoms with Crippen molar-refractivity contribution in [1.82, 2.24) is 0 Å². The number of hydrogen-bond donors (Lipinski definition) is 3. The number of para-hydroxylation sites is 2. The second-order valence-electron chi connectivity index (χ2n) is 38.2. The maximum Gasteiger partial charge on any atom is 0.569 e. The van der Waals surface area contributed by atoms with Crippen LogP contribution in [0.5, 0.6) is 17.2 Å². The topological polar surface area (TPSA) is 223 Å². The van der Waals surface area contributed by atoms with E-state index in [2.05, 4.69) is 253 Å². The van der Waals surface area contributed by atoms with Crippen LogP contribution in [-0.2, 0) is 27.9 Å². The summed E-state index contributed by atoms with van der Waals surface area (Å²) < 4.78 is 88.6. The van der Waals surface area contributed by atoms with Crippen LogP contribution in [0, 0.1) is 0 Å². The van der Waals surface area contributed by atoms with Crippen molar-refractivity contribution in [3.63, 3.8) is 0 Å². The summed E-state index contributed by atoms with van der Waals surface area (Å²) in [7, 11) is 0.829. The summed E-state index contributed by atoms with van der Waals surface area (Å²) in [6.45, 7) is 24.9. The van der Waals surface area contributed by atoms with Gasteiger partial charge in [-0.1, -0.05) is 237 Å². The Labute approximate surface area is 797 Å². The second-order valence-corrected chi connectivity index (χ2v) is 38.2. The van der Waals surface area contributed by atoms with Gasteiger partial charge < -0.3 is 83.5 Å². The molecule has 0 atom stereocenters. The van der Waals surface area contributed by atoms with Crippen LogP contribution >= 0.6 is 0 Å². The zero-order chi connectivity index (χ0) is 94.9. The Balaban J connectivity index is 0.0000000960. The fourth-order valence-corrected chi connectivity index (χ4v) is 19.1. The summed E-state index contributed by atoms with van der Waals surface area (Å²) in [5.74, 6) is 1.63. The van der Waals surface area contributed by atoms with E-state index in [0.717, 1.165) is 148 Å². The Morgan fingerprint density at radius 2 is 0.493 bits per heavy atom. The lowest BCUT2D eigenvalue weighted by atomic mass is 9.78. The predicted molar refractivity (Wildman–Crippen MR) is 560 cm³/mol. The predicted octanol–water partition coefficient (Wildman–Crippen LogP) is 26.0. The molecule has 9 heterocycles. The van der Waals surface area contributed by atoms with E-state index in [1.165, 1.54) is 59.2 Å². The summed E-state index contributed by atoms with van der Waals surface area (Å²) in [5, 5.41) is 53.6. The molecule has 27 rings (SSSR count). The minimum atomic E-state index is -0.435. The highest BCUT2D eigenvalue weighted by Crippen LogP contribution is 2.47. The quantitative estimate of drug-likeness (QED) is 0.114. The van der Waals surface area contributed by atoms with Gasteiger partial charge in [-0.25, -0.2) is 0 Å². The number of hydrogen-bond acceptors (Lipinski definition) is 18. The molecule has 3 fully saturated rings. The molecule has 24 heteroatoms. The fourth-order valence-electron chi connectivity index (χ4n) is 19.1. The Hall–Kier alpha value is -14.3. The highest BCUT2D eigenvalue weighted by atomic mass is 16.7. The smallest absolute Gasteiger partial charge is 0.537 e. The van der Waals surface area contributed by atoms with Gasteiger partial charge in [0, 0.05) is 76.2 Å². The Bertz CT molecular complexity index is 8740. The van der Waals surface area contributed by atoms with Gasteiger partial charge in [-0.2, -0.15) is 0 Å².